The first-order valence-electron chi connectivity index (χ1n) is 6.39. The van der Waals surface area contributed by atoms with E-state index in [1.54, 1.807) is 0 Å². The van der Waals surface area contributed by atoms with E-state index in [0.717, 1.165) is 22.9 Å². The second-order valence-electron chi connectivity index (χ2n) is 4.51. The highest BCUT2D eigenvalue weighted by Crippen LogP contribution is 2.23. The van der Waals surface area contributed by atoms with Crippen molar-refractivity contribution in [3.05, 3.63) is 54.2 Å². The second kappa shape index (κ2) is 5.65. The number of aromatic nitrogens is 1. The molecule has 1 unspecified atom stereocenters. The highest BCUT2D eigenvalue weighted by atomic mass is 16.4. The molecule has 0 saturated carbocycles. The van der Waals surface area contributed by atoms with Gasteiger partial charge in [-0.15, -0.1) is 6.58 Å². The van der Waals surface area contributed by atoms with Gasteiger partial charge in [0.25, 0.3) is 0 Å². The number of rotatable bonds is 5. The van der Waals surface area contributed by atoms with Crippen LogP contribution in [-0.2, 0) is 11.2 Å². The number of carboxylic acid groups (broad SMARTS) is 1. The Bertz CT molecular complexity index is 619. The van der Waals surface area contributed by atoms with Gasteiger partial charge in [-0.1, -0.05) is 31.2 Å². The lowest BCUT2D eigenvalue weighted by atomic mass is 9.99. The number of hydrogen-bond donors (Lipinski definition) is 1. The number of carboxylic acids is 1. The second-order valence-corrected chi connectivity index (χ2v) is 4.51. The third kappa shape index (κ3) is 2.65. The highest BCUT2D eigenvalue weighted by Gasteiger charge is 2.19. The van der Waals surface area contributed by atoms with Crippen molar-refractivity contribution in [3.8, 4) is 0 Å². The van der Waals surface area contributed by atoms with Crippen LogP contribution in [0.25, 0.3) is 10.9 Å². The third-order valence-electron chi connectivity index (χ3n) is 3.27. The summed E-state index contributed by atoms with van der Waals surface area (Å²) in [6.45, 7) is 5.61. The van der Waals surface area contributed by atoms with Crippen molar-refractivity contribution in [2.75, 3.05) is 0 Å². The van der Waals surface area contributed by atoms with E-state index in [-0.39, 0.29) is 0 Å². The summed E-state index contributed by atoms with van der Waals surface area (Å²) >= 11 is 0. The van der Waals surface area contributed by atoms with Crippen LogP contribution in [0.5, 0.6) is 0 Å². The average Bonchev–Trinajstić information content (AvgIpc) is 2.39. The van der Waals surface area contributed by atoms with Gasteiger partial charge in [-0.05, 0) is 30.5 Å². The standard InChI is InChI=1S/C16H17NO2/c1-3-6-11-7-5-8-14-13(11)9-10-15(17-14)12(4-2)16(18)19/h3,5,7-10,12H,1,4,6H2,2H3,(H,18,19). The fourth-order valence-corrected chi connectivity index (χ4v) is 2.27. The van der Waals surface area contributed by atoms with Crippen LogP contribution in [-0.4, -0.2) is 16.1 Å². The molecular weight excluding hydrogens is 238 g/mol. The molecule has 1 aromatic heterocycles. The number of hydrogen-bond acceptors (Lipinski definition) is 2. The van der Waals surface area contributed by atoms with Gasteiger partial charge in [0.1, 0.15) is 0 Å². The molecule has 0 radical (unpaired) electrons. The first-order chi connectivity index (χ1) is 9.17. The van der Waals surface area contributed by atoms with Crippen molar-refractivity contribution < 1.29 is 9.90 Å². The maximum atomic E-state index is 11.2. The molecule has 2 aromatic rings. The molecule has 2 rings (SSSR count). The summed E-state index contributed by atoms with van der Waals surface area (Å²) in [6.07, 6.45) is 3.18. The van der Waals surface area contributed by atoms with Gasteiger partial charge < -0.3 is 5.11 Å². The van der Waals surface area contributed by atoms with Crippen molar-refractivity contribution in [2.45, 2.75) is 25.7 Å². The summed E-state index contributed by atoms with van der Waals surface area (Å²) in [4.78, 5) is 15.7. The quantitative estimate of drug-likeness (QED) is 0.831. The number of fused-ring (bicyclic) bond motifs is 1. The van der Waals surface area contributed by atoms with Crippen LogP contribution in [0.15, 0.2) is 43.0 Å². The molecule has 0 spiro atoms. The van der Waals surface area contributed by atoms with Gasteiger partial charge in [-0.3, -0.25) is 9.78 Å². The third-order valence-corrected chi connectivity index (χ3v) is 3.27. The van der Waals surface area contributed by atoms with Gasteiger partial charge in [0.2, 0.25) is 0 Å². The zero-order chi connectivity index (χ0) is 13.8. The van der Waals surface area contributed by atoms with Gasteiger partial charge in [-0.25, -0.2) is 0 Å². The number of pyridine rings is 1. The van der Waals surface area contributed by atoms with Gasteiger partial charge in [0.15, 0.2) is 0 Å². The molecule has 0 aliphatic carbocycles. The van der Waals surface area contributed by atoms with E-state index in [4.69, 9.17) is 0 Å². The Labute approximate surface area is 112 Å². The van der Waals surface area contributed by atoms with E-state index in [9.17, 15) is 9.90 Å². The molecule has 1 N–H and O–H groups in total. The summed E-state index contributed by atoms with van der Waals surface area (Å²) in [5, 5.41) is 10.2. The van der Waals surface area contributed by atoms with Crippen LogP contribution in [0.2, 0.25) is 0 Å². The number of nitrogens with zero attached hydrogens (tertiary/aromatic N) is 1. The molecule has 0 amide bonds. The maximum absolute atomic E-state index is 11.2. The SMILES string of the molecule is C=CCc1cccc2nc(C(CC)C(=O)O)ccc12. The van der Waals surface area contributed by atoms with Crippen molar-refractivity contribution in [1.29, 1.82) is 0 Å². The van der Waals surface area contributed by atoms with Crippen LogP contribution in [0.4, 0.5) is 0 Å². The molecule has 1 atom stereocenters. The fourth-order valence-electron chi connectivity index (χ4n) is 2.27. The molecule has 0 aliphatic rings. The van der Waals surface area contributed by atoms with Crippen molar-refractivity contribution in [1.82, 2.24) is 4.98 Å². The molecule has 19 heavy (non-hydrogen) atoms. The van der Waals surface area contributed by atoms with Crippen LogP contribution in [0, 0.1) is 0 Å². The zero-order valence-electron chi connectivity index (χ0n) is 11.0. The molecule has 1 heterocycles. The first kappa shape index (κ1) is 13.3. The van der Waals surface area contributed by atoms with Crippen molar-refractivity contribution >= 4 is 16.9 Å². The minimum atomic E-state index is -0.823. The van der Waals surface area contributed by atoms with E-state index < -0.39 is 11.9 Å². The van der Waals surface area contributed by atoms with Crippen molar-refractivity contribution in [3.63, 3.8) is 0 Å². The highest BCUT2D eigenvalue weighted by molar-refractivity contribution is 5.84. The van der Waals surface area contributed by atoms with Crippen LogP contribution in [0.3, 0.4) is 0 Å². The van der Waals surface area contributed by atoms with E-state index in [1.165, 1.54) is 0 Å². The molecule has 0 saturated heterocycles. The topological polar surface area (TPSA) is 50.2 Å². The molecule has 1 aromatic carbocycles. The molecule has 3 heteroatoms. The Morgan fingerprint density at radius 2 is 2.21 bits per heavy atom. The summed E-state index contributed by atoms with van der Waals surface area (Å²) < 4.78 is 0. The van der Waals surface area contributed by atoms with Gasteiger partial charge in [-0.2, -0.15) is 0 Å². The Morgan fingerprint density at radius 1 is 1.42 bits per heavy atom. The Morgan fingerprint density at radius 3 is 2.84 bits per heavy atom. The molecule has 3 nitrogen and oxygen atoms in total. The van der Waals surface area contributed by atoms with E-state index in [1.807, 2.05) is 43.3 Å². The molecule has 0 fully saturated rings. The maximum Gasteiger partial charge on any atom is 0.312 e. The molecule has 0 aliphatic heterocycles. The summed E-state index contributed by atoms with van der Waals surface area (Å²) in [7, 11) is 0. The minimum absolute atomic E-state index is 0.535. The predicted octanol–water partition coefficient (Wildman–Crippen LogP) is 3.54. The minimum Gasteiger partial charge on any atom is -0.481 e. The van der Waals surface area contributed by atoms with Crippen LogP contribution in [0.1, 0.15) is 30.5 Å². The smallest absolute Gasteiger partial charge is 0.312 e. The lowest BCUT2D eigenvalue weighted by Crippen LogP contribution is -2.12. The molecular formula is C16H17NO2. The lowest BCUT2D eigenvalue weighted by Gasteiger charge is -2.11. The van der Waals surface area contributed by atoms with Crippen LogP contribution >= 0.6 is 0 Å². The molecule has 0 bridgehead atoms. The van der Waals surface area contributed by atoms with E-state index in [2.05, 4.69) is 11.6 Å². The Hall–Kier alpha value is -2.16. The number of aliphatic carboxylic acids is 1. The number of allylic oxidation sites excluding steroid dienone is 1. The fraction of sp³-hybridized carbons (Fsp3) is 0.250. The lowest BCUT2D eigenvalue weighted by molar-refractivity contribution is -0.138. The van der Waals surface area contributed by atoms with Crippen molar-refractivity contribution in [2.24, 2.45) is 0 Å². The average molecular weight is 255 g/mol. The van der Waals surface area contributed by atoms with Gasteiger partial charge >= 0.3 is 5.97 Å². The summed E-state index contributed by atoms with van der Waals surface area (Å²) in [6, 6.07) is 9.68. The zero-order valence-corrected chi connectivity index (χ0v) is 11.0. The van der Waals surface area contributed by atoms with Gasteiger partial charge in [0, 0.05) is 5.39 Å². The van der Waals surface area contributed by atoms with E-state index in [0.29, 0.717) is 12.1 Å². The monoisotopic (exact) mass is 255 g/mol. The summed E-state index contributed by atoms with van der Waals surface area (Å²) in [5.41, 5.74) is 2.63. The Balaban J connectivity index is 2.52. The van der Waals surface area contributed by atoms with Crippen LogP contribution < -0.4 is 0 Å². The predicted molar refractivity (Wildman–Crippen MR) is 76.3 cm³/mol. The van der Waals surface area contributed by atoms with Gasteiger partial charge in [0.05, 0.1) is 17.1 Å². The number of benzene rings is 1. The largest absolute Gasteiger partial charge is 0.481 e. The summed E-state index contributed by atoms with van der Waals surface area (Å²) in [5.74, 6) is -1.36. The normalized spacial score (nSPS) is 12.3. The van der Waals surface area contributed by atoms with E-state index >= 15 is 0 Å². The number of carbonyl (C=O) groups is 1. The molecule has 98 valence electrons. The first-order valence-corrected chi connectivity index (χ1v) is 6.39. The Kier molecular flexibility index (Phi) is 3.95.